The summed E-state index contributed by atoms with van der Waals surface area (Å²) in [6, 6.07) is 6.69. The summed E-state index contributed by atoms with van der Waals surface area (Å²) >= 11 is 0. The molecular weight excluding hydrogens is 330 g/mol. The Morgan fingerprint density at radius 3 is 2.44 bits per heavy atom. The van der Waals surface area contributed by atoms with Crippen molar-refractivity contribution in [1.82, 2.24) is 4.90 Å². The van der Waals surface area contributed by atoms with Crippen LogP contribution in [0.5, 0.6) is 11.5 Å². The smallest absolute Gasteiger partial charge is 0.161 e. The quantitative estimate of drug-likeness (QED) is 0.836. The molecule has 1 aliphatic carbocycles. The summed E-state index contributed by atoms with van der Waals surface area (Å²) in [6.07, 6.45) is 3.70. The Morgan fingerprint density at radius 1 is 1.16 bits per heavy atom. The van der Waals surface area contributed by atoms with Gasteiger partial charge in [-0.15, -0.1) is 0 Å². The van der Waals surface area contributed by atoms with Crippen LogP contribution >= 0.6 is 0 Å². The van der Waals surface area contributed by atoms with Gasteiger partial charge in [0.2, 0.25) is 0 Å². The van der Waals surface area contributed by atoms with E-state index in [2.05, 4.69) is 49.8 Å². The highest BCUT2D eigenvalue weighted by Gasteiger charge is 2.54. The molecule has 0 spiro atoms. The van der Waals surface area contributed by atoms with Crippen LogP contribution in [0.4, 0.5) is 0 Å². The molecule has 1 aromatic rings. The van der Waals surface area contributed by atoms with Crippen molar-refractivity contribution in [3.8, 4) is 11.5 Å². The number of hydrogen-bond donors (Lipinski definition) is 1. The van der Waals surface area contributed by atoms with Crippen LogP contribution in [0.15, 0.2) is 29.5 Å². The average molecular weight is 362 g/mol. The van der Waals surface area contributed by atoms with Crippen LogP contribution in [0, 0.1) is 0 Å². The van der Waals surface area contributed by atoms with Gasteiger partial charge in [0.25, 0.3) is 0 Å². The van der Waals surface area contributed by atoms with E-state index in [9.17, 15) is 5.11 Å². The van der Waals surface area contributed by atoms with Crippen molar-refractivity contribution in [1.29, 1.82) is 0 Å². The monoisotopic (exact) mass is 361 g/mol. The summed E-state index contributed by atoms with van der Waals surface area (Å²) in [6.45, 7) is 8.20. The van der Waals surface area contributed by atoms with Gasteiger partial charge in [0.15, 0.2) is 11.5 Å². The maximum Gasteiger partial charge on any atom is 0.161 e. The van der Waals surface area contributed by atoms with E-state index in [1.165, 1.54) is 10.8 Å². The van der Waals surface area contributed by atoms with Gasteiger partial charge in [0.1, 0.15) is 0 Å². The van der Waals surface area contributed by atoms with E-state index in [0.29, 0.717) is 6.04 Å². The van der Waals surface area contributed by atoms with E-state index < -0.39 is 8.07 Å². The minimum Gasteiger partial charge on any atom is -0.493 e. The van der Waals surface area contributed by atoms with E-state index in [1.54, 1.807) is 14.2 Å². The lowest BCUT2D eigenvalue weighted by Crippen LogP contribution is -2.52. The van der Waals surface area contributed by atoms with Gasteiger partial charge in [-0.3, -0.25) is 0 Å². The Labute approximate surface area is 152 Å². The van der Waals surface area contributed by atoms with Crippen molar-refractivity contribution in [2.45, 2.75) is 50.0 Å². The summed E-state index contributed by atoms with van der Waals surface area (Å²) in [5, 5.41) is 12.0. The third-order valence-electron chi connectivity index (χ3n) is 5.97. The number of hydrogen-bond acceptors (Lipinski definition) is 4. The first-order valence-corrected chi connectivity index (χ1v) is 12.6. The number of aliphatic hydroxyl groups excluding tert-OH is 1. The molecular formula is C20H31NO3Si. The number of benzene rings is 1. The largest absolute Gasteiger partial charge is 0.493 e. The molecule has 5 heteroatoms. The highest BCUT2D eigenvalue weighted by Crippen LogP contribution is 2.53. The Kier molecular flexibility index (Phi) is 4.77. The number of ether oxygens (including phenoxy) is 2. The standard InChI is InChI=1S/C20H31NO3Si/c1-21-10-9-20(14-7-8-16(23-2)17(11-14)24-3)18(21)12-15(22)13-19(20)25(4,5)6/h7-8,11,13,15,18,22H,9-10,12H2,1-6H3/t15-,18-,20+/m0/s1. The van der Waals surface area contributed by atoms with Gasteiger partial charge in [0.05, 0.1) is 28.4 Å². The predicted molar refractivity (Wildman–Crippen MR) is 104 cm³/mol. The fraction of sp³-hybridized carbons (Fsp3) is 0.600. The first-order valence-electron chi connectivity index (χ1n) is 9.07. The fourth-order valence-corrected chi connectivity index (χ4v) is 7.38. The maximum absolute atomic E-state index is 10.5. The number of fused-ring (bicyclic) bond motifs is 1. The first kappa shape index (κ1) is 18.5. The van der Waals surface area contributed by atoms with Crippen LogP contribution in [0.2, 0.25) is 19.6 Å². The highest BCUT2D eigenvalue weighted by molar-refractivity contribution is 6.83. The average Bonchev–Trinajstić information content (AvgIpc) is 2.90. The van der Waals surface area contributed by atoms with Gasteiger partial charge >= 0.3 is 0 Å². The summed E-state index contributed by atoms with van der Waals surface area (Å²) in [4.78, 5) is 2.42. The summed E-state index contributed by atoms with van der Waals surface area (Å²) in [7, 11) is 3.94. The molecule has 1 saturated heterocycles. The van der Waals surface area contributed by atoms with Crippen LogP contribution in [0.25, 0.3) is 0 Å². The van der Waals surface area contributed by atoms with E-state index in [1.807, 2.05) is 6.07 Å². The third kappa shape index (κ3) is 2.92. The van der Waals surface area contributed by atoms with Gasteiger partial charge in [-0.05, 0) is 44.1 Å². The zero-order valence-electron chi connectivity index (χ0n) is 16.3. The van der Waals surface area contributed by atoms with Crippen molar-refractivity contribution in [2.75, 3.05) is 27.8 Å². The van der Waals surface area contributed by atoms with E-state index in [0.717, 1.165) is 30.9 Å². The van der Waals surface area contributed by atoms with Gasteiger partial charge in [-0.25, -0.2) is 0 Å². The number of rotatable bonds is 4. The third-order valence-corrected chi connectivity index (χ3v) is 8.20. The molecule has 3 rings (SSSR count). The number of aliphatic hydroxyl groups is 1. The lowest BCUT2D eigenvalue weighted by molar-refractivity contribution is 0.135. The lowest BCUT2D eigenvalue weighted by atomic mass is 9.69. The van der Waals surface area contributed by atoms with E-state index in [4.69, 9.17) is 9.47 Å². The van der Waals surface area contributed by atoms with Crippen LogP contribution in [0.1, 0.15) is 18.4 Å². The predicted octanol–water partition coefficient (Wildman–Crippen LogP) is 3.21. The number of nitrogens with zero attached hydrogens (tertiary/aromatic N) is 1. The molecule has 4 nitrogen and oxygen atoms in total. The number of likely N-dealkylation sites (N-methyl/N-ethyl adjacent to an activating group) is 1. The zero-order valence-corrected chi connectivity index (χ0v) is 17.3. The van der Waals surface area contributed by atoms with Crippen molar-refractivity contribution < 1.29 is 14.6 Å². The molecule has 25 heavy (non-hydrogen) atoms. The van der Waals surface area contributed by atoms with Crippen LogP contribution in [-0.4, -0.2) is 58.0 Å². The molecule has 1 N–H and O–H groups in total. The molecule has 0 saturated carbocycles. The van der Waals surface area contributed by atoms with Crippen LogP contribution in [0.3, 0.4) is 0 Å². The normalized spacial score (nSPS) is 30.0. The van der Waals surface area contributed by atoms with Crippen LogP contribution in [-0.2, 0) is 5.41 Å². The minimum absolute atomic E-state index is 0.0298. The topological polar surface area (TPSA) is 41.9 Å². The Hall–Kier alpha value is -1.30. The second-order valence-electron chi connectivity index (χ2n) is 8.42. The van der Waals surface area contributed by atoms with E-state index >= 15 is 0 Å². The molecule has 3 atom stereocenters. The van der Waals surface area contributed by atoms with Gasteiger partial charge in [-0.1, -0.05) is 37.0 Å². The molecule has 0 unspecified atom stereocenters. The molecule has 1 aromatic carbocycles. The molecule has 1 fully saturated rings. The summed E-state index contributed by atoms with van der Waals surface area (Å²) in [5.74, 6) is 1.55. The van der Waals surface area contributed by atoms with Gasteiger partial charge < -0.3 is 19.5 Å². The molecule has 0 bridgehead atoms. The van der Waals surface area contributed by atoms with E-state index in [-0.39, 0.29) is 11.5 Å². The van der Waals surface area contributed by atoms with Crippen molar-refractivity contribution in [2.24, 2.45) is 0 Å². The minimum atomic E-state index is -1.62. The SMILES string of the molecule is COc1ccc([C@]23CCN(C)[C@H]2C[C@H](O)C=C3[Si](C)(C)C)cc1OC. The maximum atomic E-state index is 10.5. The summed E-state index contributed by atoms with van der Waals surface area (Å²) in [5.41, 5.74) is 1.26. The summed E-state index contributed by atoms with van der Waals surface area (Å²) < 4.78 is 11.0. The molecule has 0 amide bonds. The highest BCUT2D eigenvalue weighted by atomic mass is 28.3. The fourth-order valence-electron chi connectivity index (χ4n) is 4.91. The Bertz CT molecular complexity index is 682. The van der Waals surface area contributed by atoms with Crippen molar-refractivity contribution in [3.05, 3.63) is 35.0 Å². The van der Waals surface area contributed by atoms with Gasteiger partial charge in [0, 0.05) is 11.5 Å². The second kappa shape index (κ2) is 6.45. The molecule has 0 aromatic heterocycles. The van der Waals surface area contributed by atoms with Crippen molar-refractivity contribution in [3.63, 3.8) is 0 Å². The molecule has 0 radical (unpaired) electrons. The number of likely N-dealkylation sites (tertiary alicyclic amines) is 1. The molecule has 138 valence electrons. The number of methoxy groups -OCH3 is 2. The van der Waals surface area contributed by atoms with Gasteiger partial charge in [-0.2, -0.15) is 0 Å². The first-order chi connectivity index (χ1) is 11.7. The Morgan fingerprint density at radius 2 is 1.84 bits per heavy atom. The second-order valence-corrected chi connectivity index (χ2v) is 13.5. The molecule has 1 heterocycles. The lowest BCUT2D eigenvalue weighted by Gasteiger charge is -2.48. The van der Waals surface area contributed by atoms with Crippen LogP contribution < -0.4 is 9.47 Å². The van der Waals surface area contributed by atoms with Crippen molar-refractivity contribution >= 4 is 8.07 Å². The Balaban J connectivity index is 2.22. The zero-order chi connectivity index (χ0) is 18.4. The molecule has 2 aliphatic rings. The molecule has 1 aliphatic heterocycles.